The van der Waals surface area contributed by atoms with E-state index in [4.69, 9.17) is 37.0 Å². The van der Waals surface area contributed by atoms with E-state index in [2.05, 4.69) is 48.5 Å². The zero-order chi connectivity index (χ0) is 64.5. The summed E-state index contributed by atoms with van der Waals surface area (Å²) in [4.78, 5) is 72.3. The minimum absolute atomic E-state index is 0.102. The van der Waals surface area contributed by atoms with Gasteiger partial charge in [0.05, 0.1) is 26.4 Å². The maximum absolute atomic E-state index is 13.0. The van der Waals surface area contributed by atoms with Gasteiger partial charge in [-0.05, 0) is 43.4 Å². The number of phosphoric acid groups is 2. The van der Waals surface area contributed by atoms with Gasteiger partial charge in [-0.3, -0.25) is 37.3 Å². The first-order valence-corrected chi connectivity index (χ1v) is 38.4. The summed E-state index contributed by atoms with van der Waals surface area (Å²) < 4.78 is 68.1. The fourth-order valence-electron chi connectivity index (χ4n) is 10.1. The van der Waals surface area contributed by atoms with Crippen LogP contribution in [0.1, 0.15) is 337 Å². The van der Waals surface area contributed by atoms with Crippen LogP contribution in [0.2, 0.25) is 0 Å². The highest BCUT2D eigenvalue weighted by Gasteiger charge is 2.30. The van der Waals surface area contributed by atoms with Gasteiger partial charge in [0.25, 0.3) is 0 Å². The molecule has 3 N–H and O–H groups in total. The van der Waals surface area contributed by atoms with Crippen molar-refractivity contribution in [3.8, 4) is 0 Å². The third-order valence-corrected chi connectivity index (χ3v) is 18.3. The zero-order valence-corrected chi connectivity index (χ0v) is 58.3. The number of hydrogen-bond donors (Lipinski definition) is 3. The number of unbranched alkanes of at least 4 members (excludes halogenated alkanes) is 32. The van der Waals surface area contributed by atoms with E-state index in [0.29, 0.717) is 25.7 Å². The van der Waals surface area contributed by atoms with E-state index in [-0.39, 0.29) is 25.7 Å². The first-order chi connectivity index (χ1) is 41.8. The Hall–Kier alpha value is -1.94. The summed E-state index contributed by atoms with van der Waals surface area (Å²) in [6.45, 7) is 11.8. The van der Waals surface area contributed by atoms with E-state index in [1.165, 1.54) is 141 Å². The molecular weight excluding hydrogens is 1150 g/mol. The van der Waals surface area contributed by atoms with Crippen LogP contribution in [-0.2, 0) is 65.4 Å². The Bertz CT molecular complexity index is 1720. The SMILES string of the molecule is CCCCCCCCCCC(=O)OC[C@H](COP(=O)(O)OC[C@H](O)COP(=O)(O)OC[C@@H](COC(=O)CCCCCCCCCCC(C)C)OC(=O)CCCCCCCCCCCCCCCCC(C)CC)OC(=O)CCCCCCCCC(C)CC. The maximum Gasteiger partial charge on any atom is 0.472 e. The molecule has 7 atom stereocenters. The molecule has 0 saturated heterocycles. The molecule has 0 aliphatic carbocycles. The number of carbonyl (C=O) groups is 4. The molecule has 0 aromatic rings. The van der Waals surface area contributed by atoms with Crippen LogP contribution >= 0.6 is 15.6 Å². The van der Waals surface area contributed by atoms with Gasteiger partial charge in [0.15, 0.2) is 12.2 Å². The standard InChI is InChI=1S/C68H132O17P2/c1-8-11-12-13-14-27-35-42-49-65(70)78-56-64(85-68(73)52-45-38-31-30-34-41-48-61(7)10-3)58-83-87(76,77)81-54-62(69)53-80-86(74,75)82-57-63(55-79-66(71)50-43-36-28-24-23-25-32-39-46-59(4)5)84-67(72)51-44-37-29-22-20-18-16-15-17-19-21-26-33-40-47-60(6)9-2/h59-64,69H,8-58H2,1-7H3,(H,74,75)(H,76,77)/t60?,61?,62-,63-,64-/m1/s1. The Morgan fingerprint density at radius 3 is 0.874 bits per heavy atom. The summed E-state index contributed by atoms with van der Waals surface area (Å²) in [6, 6.07) is 0. The number of esters is 4. The Morgan fingerprint density at radius 1 is 0.333 bits per heavy atom. The second-order valence-corrected chi connectivity index (χ2v) is 28.4. The molecule has 0 aromatic carbocycles. The predicted molar refractivity (Wildman–Crippen MR) is 349 cm³/mol. The molecule has 0 bridgehead atoms. The molecule has 0 amide bonds. The number of carbonyl (C=O) groups excluding carboxylic acids is 4. The van der Waals surface area contributed by atoms with Gasteiger partial charge in [-0.15, -0.1) is 0 Å². The summed E-state index contributed by atoms with van der Waals surface area (Å²) in [5.41, 5.74) is 0. The second-order valence-electron chi connectivity index (χ2n) is 25.5. The Morgan fingerprint density at radius 2 is 0.586 bits per heavy atom. The summed E-state index contributed by atoms with van der Waals surface area (Å²) in [7, 11) is -9.89. The van der Waals surface area contributed by atoms with Crippen LogP contribution in [0.25, 0.3) is 0 Å². The first kappa shape index (κ1) is 85.1. The third-order valence-electron chi connectivity index (χ3n) is 16.4. The van der Waals surface area contributed by atoms with Gasteiger partial charge >= 0.3 is 39.5 Å². The number of aliphatic hydroxyl groups is 1. The van der Waals surface area contributed by atoms with Crippen molar-refractivity contribution in [3.63, 3.8) is 0 Å². The molecule has 0 fully saturated rings. The Balaban J connectivity index is 5.20. The maximum atomic E-state index is 13.0. The molecule has 0 aromatic heterocycles. The van der Waals surface area contributed by atoms with E-state index >= 15 is 0 Å². The van der Waals surface area contributed by atoms with Gasteiger partial charge < -0.3 is 33.8 Å². The summed E-state index contributed by atoms with van der Waals surface area (Å²) in [6.07, 6.45) is 41.8. The second kappa shape index (κ2) is 59.1. The highest BCUT2D eigenvalue weighted by molar-refractivity contribution is 7.47. The van der Waals surface area contributed by atoms with Gasteiger partial charge in [0.2, 0.25) is 0 Å². The molecule has 0 aliphatic rings. The molecule has 0 radical (unpaired) electrons. The molecule has 0 saturated carbocycles. The number of hydrogen-bond acceptors (Lipinski definition) is 15. The van der Waals surface area contributed by atoms with Crippen LogP contribution in [0.5, 0.6) is 0 Å². The molecule has 4 unspecified atom stereocenters. The Kier molecular flexibility index (Phi) is 57.8. The van der Waals surface area contributed by atoms with Gasteiger partial charge in [-0.2, -0.15) is 0 Å². The summed E-state index contributed by atoms with van der Waals surface area (Å²) in [5.74, 6) is 0.158. The van der Waals surface area contributed by atoms with E-state index in [1.807, 2.05) is 0 Å². The first-order valence-electron chi connectivity index (χ1n) is 35.4. The van der Waals surface area contributed by atoms with E-state index < -0.39 is 97.5 Å². The number of phosphoric ester groups is 2. The highest BCUT2D eigenvalue weighted by atomic mass is 31.2. The smallest absolute Gasteiger partial charge is 0.462 e. The molecule has 0 aliphatic heterocycles. The van der Waals surface area contributed by atoms with Crippen molar-refractivity contribution in [2.24, 2.45) is 17.8 Å². The summed E-state index contributed by atoms with van der Waals surface area (Å²) in [5, 5.41) is 10.6. The quantitative estimate of drug-likeness (QED) is 0.0222. The van der Waals surface area contributed by atoms with Gasteiger partial charge in [0.1, 0.15) is 19.3 Å². The topological polar surface area (TPSA) is 237 Å². The number of ether oxygens (including phenoxy) is 4. The minimum atomic E-state index is -4.95. The fraction of sp³-hybridized carbons (Fsp3) is 0.941. The fourth-order valence-corrected chi connectivity index (χ4v) is 11.7. The monoisotopic (exact) mass is 1280 g/mol. The van der Waals surface area contributed by atoms with Crippen LogP contribution in [0.15, 0.2) is 0 Å². The average molecular weight is 1280 g/mol. The third kappa shape index (κ3) is 60.1. The molecule has 87 heavy (non-hydrogen) atoms. The molecule has 0 heterocycles. The van der Waals surface area contributed by atoms with Crippen LogP contribution in [0, 0.1) is 17.8 Å². The molecule has 0 spiro atoms. The molecule has 19 heteroatoms. The zero-order valence-electron chi connectivity index (χ0n) is 56.5. The number of rotatable bonds is 66. The van der Waals surface area contributed by atoms with E-state index in [9.17, 15) is 43.2 Å². The normalized spacial score (nSPS) is 14.9. The van der Waals surface area contributed by atoms with Crippen molar-refractivity contribution in [2.75, 3.05) is 39.6 Å². The highest BCUT2D eigenvalue weighted by Crippen LogP contribution is 2.45. The van der Waals surface area contributed by atoms with Crippen molar-refractivity contribution in [3.05, 3.63) is 0 Å². The largest absolute Gasteiger partial charge is 0.472 e. The van der Waals surface area contributed by atoms with Crippen LogP contribution in [-0.4, -0.2) is 96.7 Å². The van der Waals surface area contributed by atoms with Crippen LogP contribution in [0.3, 0.4) is 0 Å². The predicted octanol–water partition coefficient (Wildman–Crippen LogP) is 19.1. The lowest BCUT2D eigenvalue weighted by atomic mass is 9.99. The lowest BCUT2D eigenvalue weighted by Crippen LogP contribution is -2.30. The van der Waals surface area contributed by atoms with Gasteiger partial charge in [-0.1, -0.05) is 286 Å². The number of aliphatic hydroxyl groups excluding tert-OH is 1. The van der Waals surface area contributed by atoms with Crippen molar-refractivity contribution in [2.45, 2.75) is 356 Å². The molecular formula is C68H132O17P2. The van der Waals surface area contributed by atoms with Crippen molar-refractivity contribution < 1.29 is 80.2 Å². The van der Waals surface area contributed by atoms with Gasteiger partial charge in [-0.25, -0.2) is 9.13 Å². The van der Waals surface area contributed by atoms with Crippen molar-refractivity contribution in [1.82, 2.24) is 0 Å². The Labute approximate surface area is 530 Å². The lowest BCUT2D eigenvalue weighted by molar-refractivity contribution is -0.161. The van der Waals surface area contributed by atoms with Gasteiger partial charge in [0, 0.05) is 25.7 Å². The van der Waals surface area contributed by atoms with Crippen molar-refractivity contribution >= 4 is 39.5 Å². The van der Waals surface area contributed by atoms with Crippen LogP contribution in [0.4, 0.5) is 0 Å². The molecule has 17 nitrogen and oxygen atoms in total. The summed E-state index contributed by atoms with van der Waals surface area (Å²) >= 11 is 0. The van der Waals surface area contributed by atoms with E-state index in [1.54, 1.807) is 0 Å². The molecule has 516 valence electrons. The molecule has 0 rings (SSSR count). The average Bonchev–Trinajstić information content (AvgIpc) is 3.58. The minimum Gasteiger partial charge on any atom is -0.462 e. The van der Waals surface area contributed by atoms with E-state index in [0.717, 1.165) is 114 Å². The van der Waals surface area contributed by atoms with Crippen LogP contribution < -0.4 is 0 Å². The van der Waals surface area contributed by atoms with Crippen molar-refractivity contribution in [1.29, 1.82) is 0 Å². The lowest BCUT2D eigenvalue weighted by Gasteiger charge is -2.21.